The van der Waals surface area contributed by atoms with Crippen LogP contribution in [0.15, 0.2) is 30.5 Å². The van der Waals surface area contributed by atoms with E-state index in [1.54, 1.807) is 37.5 Å². The molecular weight excluding hydrogens is 244 g/mol. The largest absolute Gasteiger partial charge is 0.429 e. The molecule has 0 spiro atoms. The van der Waals surface area contributed by atoms with E-state index in [0.29, 0.717) is 18.2 Å². The van der Waals surface area contributed by atoms with Crippen molar-refractivity contribution in [1.82, 2.24) is 9.97 Å². The first kappa shape index (κ1) is 12.8. The predicted octanol–water partition coefficient (Wildman–Crippen LogP) is 2.11. The van der Waals surface area contributed by atoms with Gasteiger partial charge in [-0.25, -0.2) is 4.98 Å². The highest BCUT2D eigenvalue weighted by Gasteiger charge is 2.03. The highest BCUT2D eigenvalue weighted by atomic mass is 16.5. The van der Waals surface area contributed by atoms with Gasteiger partial charge in [-0.2, -0.15) is 4.98 Å². The van der Waals surface area contributed by atoms with Gasteiger partial charge in [-0.15, -0.1) is 0 Å². The maximum absolute atomic E-state index is 10.2. The number of aromatic nitrogens is 2. The Morgan fingerprint density at radius 1 is 1.26 bits per heavy atom. The molecule has 6 nitrogen and oxygen atoms in total. The maximum Gasteiger partial charge on any atom is 0.298 e. The van der Waals surface area contributed by atoms with E-state index in [9.17, 15) is 4.79 Å². The molecule has 2 N–H and O–H groups in total. The first-order chi connectivity index (χ1) is 9.22. The fraction of sp³-hybridized carbons (Fsp3) is 0.154. The smallest absolute Gasteiger partial charge is 0.298 e. The Hall–Kier alpha value is -2.63. The van der Waals surface area contributed by atoms with Gasteiger partial charge in [0, 0.05) is 24.5 Å². The molecular formula is C13H14N4O2. The van der Waals surface area contributed by atoms with Gasteiger partial charge in [0.2, 0.25) is 5.95 Å². The van der Waals surface area contributed by atoms with Crippen molar-refractivity contribution in [3.05, 3.63) is 36.0 Å². The summed E-state index contributed by atoms with van der Waals surface area (Å²) in [5, 5.41) is 6.07. The molecule has 1 heterocycles. The van der Waals surface area contributed by atoms with Gasteiger partial charge in [-0.1, -0.05) is 0 Å². The molecule has 0 unspecified atom stereocenters. The molecule has 0 fully saturated rings. The predicted molar refractivity (Wildman–Crippen MR) is 72.7 cm³/mol. The summed E-state index contributed by atoms with van der Waals surface area (Å²) in [4.78, 5) is 18.6. The second kappa shape index (κ2) is 5.81. The number of nitrogens with zero attached hydrogens (tertiary/aromatic N) is 2. The molecule has 0 aliphatic rings. The molecule has 0 aliphatic heterocycles. The molecule has 0 amide bonds. The molecule has 0 saturated heterocycles. The minimum atomic E-state index is 0.399. The van der Waals surface area contributed by atoms with Crippen molar-refractivity contribution in [2.75, 3.05) is 17.7 Å². The molecule has 0 bridgehead atoms. The Balaban J connectivity index is 2.18. The standard InChI is InChI=1S/C13H14N4O2/c1-9-7-15-13(14-2)17-12(9)16-10-3-5-11(6-4-10)19-8-18/h3-8H,1-2H3,(H2,14,15,16,17). The van der Waals surface area contributed by atoms with Crippen LogP contribution < -0.4 is 15.4 Å². The molecule has 0 atom stereocenters. The van der Waals surface area contributed by atoms with Gasteiger partial charge in [0.05, 0.1) is 0 Å². The normalized spacial score (nSPS) is 9.79. The molecule has 19 heavy (non-hydrogen) atoms. The Morgan fingerprint density at radius 2 is 2.00 bits per heavy atom. The van der Waals surface area contributed by atoms with Crippen LogP contribution in [0.1, 0.15) is 5.56 Å². The van der Waals surface area contributed by atoms with Gasteiger partial charge in [-0.3, -0.25) is 4.79 Å². The second-order valence-corrected chi connectivity index (χ2v) is 3.84. The maximum atomic E-state index is 10.2. The first-order valence-electron chi connectivity index (χ1n) is 5.71. The van der Waals surface area contributed by atoms with Gasteiger partial charge in [0.1, 0.15) is 11.6 Å². The van der Waals surface area contributed by atoms with Gasteiger partial charge >= 0.3 is 0 Å². The molecule has 2 aromatic rings. The number of nitrogens with one attached hydrogen (secondary N) is 2. The zero-order valence-corrected chi connectivity index (χ0v) is 10.7. The summed E-state index contributed by atoms with van der Waals surface area (Å²) < 4.78 is 4.73. The lowest BCUT2D eigenvalue weighted by Gasteiger charge is -2.09. The van der Waals surface area contributed by atoms with E-state index in [2.05, 4.69) is 20.6 Å². The quantitative estimate of drug-likeness (QED) is 0.800. The van der Waals surface area contributed by atoms with E-state index in [1.165, 1.54) is 0 Å². The Morgan fingerprint density at radius 3 is 2.63 bits per heavy atom. The molecule has 1 aromatic heterocycles. The lowest BCUT2D eigenvalue weighted by Crippen LogP contribution is -2.02. The van der Waals surface area contributed by atoms with E-state index in [4.69, 9.17) is 4.74 Å². The van der Waals surface area contributed by atoms with Crippen LogP contribution in [0, 0.1) is 6.92 Å². The van der Waals surface area contributed by atoms with Crippen LogP contribution in [0.5, 0.6) is 5.75 Å². The van der Waals surface area contributed by atoms with Crippen LogP contribution in [0.4, 0.5) is 17.5 Å². The number of ether oxygens (including phenoxy) is 1. The molecule has 6 heteroatoms. The summed E-state index contributed by atoms with van der Waals surface area (Å²) in [5.74, 6) is 1.77. The summed E-state index contributed by atoms with van der Waals surface area (Å²) in [7, 11) is 1.76. The van der Waals surface area contributed by atoms with Crippen molar-refractivity contribution in [1.29, 1.82) is 0 Å². The first-order valence-corrected chi connectivity index (χ1v) is 5.71. The summed E-state index contributed by atoms with van der Waals surface area (Å²) in [6.07, 6.45) is 1.74. The number of carbonyl (C=O) groups is 1. The Labute approximate surface area is 110 Å². The van der Waals surface area contributed by atoms with Crippen molar-refractivity contribution >= 4 is 23.9 Å². The van der Waals surface area contributed by atoms with Crippen molar-refractivity contribution in [3.63, 3.8) is 0 Å². The lowest BCUT2D eigenvalue weighted by molar-refractivity contribution is -0.120. The van der Waals surface area contributed by atoms with Crippen molar-refractivity contribution in [2.24, 2.45) is 0 Å². The third kappa shape index (κ3) is 3.19. The van der Waals surface area contributed by atoms with Gasteiger partial charge in [-0.05, 0) is 31.2 Å². The summed E-state index contributed by atoms with van der Waals surface area (Å²) in [6.45, 7) is 2.32. The van der Waals surface area contributed by atoms with E-state index >= 15 is 0 Å². The highest BCUT2D eigenvalue weighted by molar-refractivity contribution is 5.61. The number of hydrogen-bond donors (Lipinski definition) is 2. The van der Waals surface area contributed by atoms with Crippen LogP contribution in [0.3, 0.4) is 0 Å². The topological polar surface area (TPSA) is 76.1 Å². The molecule has 1 aromatic carbocycles. The van der Waals surface area contributed by atoms with E-state index in [-0.39, 0.29) is 0 Å². The van der Waals surface area contributed by atoms with Crippen LogP contribution in [-0.4, -0.2) is 23.5 Å². The Kier molecular flexibility index (Phi) is 3.92. The monoisotopic (exact) mass is 258 g/mol. The average Bonchev–Trinajstić information content (AvgIpc) is 2.44. The van der Waals surface area contributed by atoms with Crippen LogP contribution >= 0.6 is 0 Å². The molecule has 0 radical (unpaired) electrons. The second-order valence-electron chi connectivity index (χ2n) is 3.84. The minimum absolute atomic E-state index is 0.399. The number of carbonyl (C=O) groups excluding carboxylic acids is 1. The third-order valence-corrected chi connectivity index (χ3v) is 2.50. The third-order valence-electron chi connectivity index (χ3n) is 2.50. The van der Waals surface area contributed by atoms with Crippen LogP contribution in [0.25, 0.3) is 0 Å². The van der Waals surface area contributed by atoms with E-state index in [0.717, 1.165) is 17.1 Å². The number of hydrogen-bond acceptors (Lipinski definition) is 6. The fourth-order valence-electron chi connectivity index (χ4n) is 1.50. The molecule has 2 rings (SSSR count). The number of benzene rings is 1. The molecule has 98 valence electrons. The zero-order chi connectivity index (χ0) is 13.7. The summed E-state index contributed by atoms with van der Waals surface area (Å²) in [6, 6.07) is 7.01. The lowest BCUT2D eigenvalue weighted by atomic mass is 10.3. The number of anilines is 3. The van der Waals surface area contributed by atoms with Crippen molar-refractivity contribution in [3.8, 4) is 5.75 Å². The van der Waals surface area contributed by atoms with E-state index in [1.807, 2.05) is 6.92 Å². The summed E-state index contributed by atoms with van der Waals surface area (Å²) >= 11 is 0. The minimum Gasteiger partial charge on any atom is -0.429 e. The van der Waals surface area contributed by atoms with Gasteiger partial charge in [0.25, 0.3) is 6.47 Å². The SMILES string of the molecule is CNc1ncc(C)c(Nc2ccc(OC=O)cc2)n1. The van der Waals surface area contributed by atoms with Crippen molar-refractivity contribution < 1.29 is 9.53 Å². The van der Waals surface area contributed by atoms with Crippen LogP contribution in [-0.2, 0) is 4.79 Å². The van der Waals surface area contributed by atoms with Gasteiger partial charge < -0.3 is 15.4 Å². The molecule has 0 aliphatic carbocycles. The van der Waals surface area contributed by atoms with Gasteiger partial charge in [0.15, 0.2) is 0 Å². The zero-order valence-electron chi connectivity index (χ0n) is 10.7. The fourth-order valence-corrected chi connectivity index (χ4v) is 1.50. The number of aryl methyl sites for hydroxylation is 1. The summed E-state index contributed by atoms with van der Waals surface area (Å²) in [5.41, 5.74) is 1.79. The van der Waals surface area contributed by atoms with Crippen molar-refractivity contribution in [2.45, 2.75) is 6.92 Å². The van der Waals surface area contributed by atoms with Crippen LogP contribution in [0.2, 0.25) is 0 Å². The highest BCUT2D eigenvalue weighted by Crippen LogP contribution is 2.21. The molecule has 0 saturated carbocycles. The number of rotatable bonds is 5. The van der Waals surface area contributed by atoms with E-state index < -0.39 is 0 Å². The Bertz CT molecular complexity index is 569. The average molecular weight is 258 g/mol.